The van der Waals surface area contributed by atoms with Crippen LogP contribution in [-0.4, -0.2) is 11.3 Å². The lowest BCUT2D eigenvalue weighted by Gasteiger charge is -2.17. The fraction of sp³-hybridized carbons (Fsp3) is 0.375. The third-order valence-corrected chi connectivity index (χ3v) is 2.45. The van der Waals surface area contributed by atoms with Crippen LogP contribution in [0.25, 0.3) is 0 Å². The topological polar surface area (TPSA) is 48.1 Å². The molecule has 2 N–H and O–H groups in total. The van der Waals surface area contributed by atoms with Gasteiger partial charge in [0, 0.05) is 6.54 Å². The van der Waals surface area contributed by atoms with Gasteiger partial charge in [0.15, 0.2) is 5.75 Å². The molecule has 1 aromatic rings. The Morgan fingerprint density at radius 1 is 1.22 bits per heavy atom. The Balaban J connectivity index is 3.39. The number of halogens is 7. The van der Waals surface area contributed by atoms with Gasteiger partial charge in [-0.2, -0.15) is 13.2 Å². The molecule has 0 saturated heterocycles. The standard InChI is InChI=1S/C8H5F6IN2O/c9-7(10,11)4-1-3(2-16)17-6(15)5(4)18-8(12,13)14/h1H,2,16H2. The number of hydrogen-bond acceptors (Lipinski definition) is 3. The molecule has 0 aromatic carbocycles. The van der Waals surface area contributed by atoms with Crippen LogP contribution in [0.2, 0.25) is 0 Å². The molecule has 10 heteroatoms. The molecule has 0 amide bonds. The highest BCUT2D eigenvalue weighted by Crippen LogP contribution is 2.40. The van der Waals surface area contributed by atoms with Gasteiger partial charge in [-0.3, -0.25) is 0 Å². The smallest absolute Gasteiger partial charge is 0.402 e. The number of rotatable bonds is 2. The average molecular weight is 386 g/mol. The molecular formula is C8H5F6IN2O. The summed E-state index contributed by atoms with van der Waals surface area (Å²) in [6.45, 7) is -0.328. The summed E-state index contributed by atoms with van der Waals surface area (Å²) in [5.41, 5.74) is 3.38. The first-order chi connectivity index (χ1) is 8.04. The van der Waals surface area contributed by atoms with Crippen LogP contribution < -0.4 is 10.5 Å². The van der Waals surface area contributed by atoms with Gasteiger partial charge in [-0.25, -0.2) is 4.98 Å². The van der Waals surface area contributed by atoms with E-state index in [9.17, 15) is 26.3 Å². The van der Waals surface area contributed by atoms with Crippen molar-refractivity contribution >= 4 is 22.6 Å². The summed E-state index contributed by atoms with van der Waals surface area (Å²) in [7, 11) is 0. The third kappa shape index (κ3) is 3.86. The van der Waals surface area contributed by atoms with Crippen LogP contribution in [0.5, 0.6) is 5.75 Å². The fourth-order valence-corrected chi connectivity index (χ4v) is 1.79. The molecule has 18 heavy (non-hydrogen) atoms. The maximum Gasteiger partial charge on any atom is 0.573 e. The van der Waals surface area contributed by atoms with Gasteiger partial charge in [0.1, 0.15) is 9.26 Å². The first kappa shape index (κ1) is 15.3. The minimum absolute atomic E-state index is 0.179. The molecule has 1 heterocycles. The Kier molecular flexibility index (Phi) is 4.30. The molecule has 1 rings (SSSR count). The molecule has 0 atom stereocenters. The molecule has 0 aliphatic rings. The molecule has 3 nitrogen and oxygen atoms in total. The van der Waals surface area contributed by atoms with Crippen LogP contribution in [0.15, 0.2) is 6.07 Å². The Bertz CT molecular complexity index is 444. The Labute approximate surface area is 110 Å². The monoisotopic (exact) mass is 386 g/mol. The zero-order valence-corrected chi connectivity index (χ0v) is 10.5. The second kappa shape index (κ2) is 5.07. The molecular weight excluding hydrogens is 381 g/mol. The van der Waals surface area contributed by atoms with E-state index in [0.29, 0.717) is 6.07 Å². The highest BCUT2D eigenvalue weighted by atomic mass is 127. The second-order valence-corrected chi connectivity index (χ2v) is 4.05. The fourth-order valence-electron chi connectivity index (χ4n) is 1.08. The van der Waals surface area contributed by atoms with E-state index in [0.717, 1.165) is 0 Å². The number of nitrogens with two attached hydrogens (primary N) is 1. The molecule has 0 aliphatic carbocycles. The first-order valence-electron chi connectivity index (χ1n) is 4.27. The van der Waals surface area contributed by atoms with Crippen molar-refractivity contribution in [2.24, 2.45) is 5.73 Å². The third-order valence-electron chi connectivity index (χ3n) is 1.72. The van der Waals surface area contributed by atoms with Crippen LogP contribution in [-0.2, 0) is 12.7 Å². The molecule has 102 valence electrons. The zero-order chi connectivity index (χ0) is 14.1. The van der Waals surface area contributed by atoms with E-state index in [1.54, 1.807) is 0 Å². The lowest BCUT2D eigenvalue weighted by molar-refractivity contribution is -0.276. The summed E-state index contributed by atoms with van der Waals surface area (Å²) in [5, 5.41) is 0. The maximum absolute atomic E-state index is 12.6. The molecule has 0 fully saturated rings. The highest BCUT2D eigenvalue weighted by Gasteiger charge is 2.41. The first-order valence-corrected chi connectivity index (χ1v) is 5.35. The van der Waals surface area contributed by atoms with Crippen LogP contribution in [0.3, 0.4) is 0 Å². The van der Waals surface area contributed by atoms with Gasteiger partial charge < -0.3 is 10.5 Å². The second-order valence-electron chi connectivity index (χ2n) is 3.03. The summed E-state index contributed by atoms with van der Waals surface area (Å²) in [5.74, 6) is -1.37. The highest BCUT2D eigenvalue weighted by molar-refractivity contribution is 14.1. The van der Waals surface area contributed by atoms with Crippen LogP contribution >= 0.6 is 22.6 Å². The lowest BCUT2D eigenvalue weighted by atomic mass is 10.2. The molecule has 1 aromatic heterocycles. The van der Waals surface area contributed by atoms with Gasteiger partial charge >= 0.3 is 12.5 Å². The molecule has 0 aliphatic heterocycles. The van der Waals surface area contributed by atoms with Gasteiger partial charge in [0.25, 0.3) is 0 Å². The van der Waals surface area contributed by atoms with Crippen molar-refractivity contribution in [2.75, 3.05) is 0 Å². The predicted molar refractivity (Wildman–Crippen MR) is 56.5 cm³/mol. The lowest BCUT2D eigenvalue weighted by Crippen LogP contribution is -2.22. The quantitative estimate of drug-likeness (QED) is 0.483. The van der Waals surface area contributed by atoms with Crippen LogP contribution in [0.1, 0.15) is 11.3 Å². The molecule has 0 bridgehead atoms. The molecule has 0 unspecified atom stereocenters. The molecule has 0 saturated carbocycles. The largest absolute Gasteiger partial charge is 0.573 e. The SMILES string of the molecule is NCc1cc(C(F)(F)F)c(OC(F)(F)F)c(I)n1. The Hall–Kier alpha value is -0.780. The van der Waals surface area contributed by atoms with E-state index in [1.165, 1.54) is 22.6 Å². The summed E-state index contributed by atoms with van der Waals surface area (Å²) in [6, 6.07) is 0.434. The Morgan fingerprint density at radius 3 is 2.17 bits per heavy atom. The van der Waals surface area contributed by atoms with Crippen molar-refractivity contribution in [1.29, 1.82) is 0 Å². The van der Waals surface area contributed by atoms with Gasteiger partial charge in [-0.15, -0.1) is 13.2 Å². The summed E-state index contributed by atoms with van der Waals surface area (Å²) in [4.78, 5) is 3.49. The van der Waals surface area contributed by atoms with Crippen molar-refractivity contribution < 1.29 is 31.1 Å². The summed E-state index contributed by atoms with van der Waals surface area (Å²) in [6.07, 6.45) is -10.2. The average Bonchev–Trinajstić information content (AvgIpc) is 2.17. The van der Waals surface area contributed by atoms with E-state index in [4.69, 9.17) is 5.73 Å². The maximum atomic E-state index is 12.6. The van der Waals surface area contributed by atoms with Crippen molar-refractivity contribution in [3.8, 4) is 5.75 Å². The van der Waals surface area contributed by atoms with E-state index in [-0.39, 0.29) is 12.2 Å². The number of aromatic nitrogens is 1. The van der Waals surface area contributed by atoms with E-state index in [1.807, 2.05) is 0 Å². The van der Waals surface area contributed by atoms with E-state index < -0.39 is 27.6 Å². The summed E-state index contributed by atoms with van der Waals surface area (Å²) < 4.78 is 76.7. The number of pyridine rings is 1. The van der Waals surface area contributed by atoms with Gasteiger partial charge in [0.2, 0.25) is 0 Å². The van der Waals surface area contributed by atoms with Crippen LogP contribution in [0, 0.1) is 3.70 Å². The minimum Gasteiger partial charge on any atom is -0.402 e. The predicted octanol–water partition coefficient (Wildman–Crippen LogP) is 3.06. The minimum atomic E-state index is -5.23. The number of alkyl halides is 6. The van der Waals surface area contributed by atoms with Gasteiger partial charge in [-0.1, -0.05) is 0 Å². The summed E-state index contributed by atoms with van der Waals surface area (Å²) >= 11 is 1.22. The van der Waals surface area contributed by atoms with Gasteiger partial charge in [-0.05, 0) is 28.7 Å². The molecule has 0 spiro atoms. The number of nitrogens with zero attached hydrogens (tertiary/aromatic N) is 1. The van der Waals surface area contributed by atoms with Gasteiger partial charge in [0.05, 0.1) is 5.69 Å². The van der Waals surface area contributed by atoms with Crippen molar-refractivity contribution in [1.82, 2.24) is 4.98 Å². The van der Waals surface area contributed by atoms with Crippen molar-refractivity contribution in [2.45, 2.75) is 19.1 Å². The van der Waals surface area contributed by atoms with Crippen molar-refractivity contribution in [3.63, 3.8) is 0 Å². The number of ether oxygens (including phenoxy) is 1. The van der Waals surface area contributed by atoms with E-state index >= 15 is 0 Å². The van der Waals surface area contributed by atoms with Crippen molar-refractivity contribution in [3.05, 3.63) is 21.0 Å². The van der Waals surface area contributed by atoms with E-state index in [2.05, 4.69) is 9.72 Å². The normalized spacial score (nSPS) is 12.7. The molecule has 0 radical (unpaired) electrons. The number of hydrogen-bond donors (Lipinski definition) is 1. The Morgan fingerprint density at radius 2 is 1.78 bits per heavy atom. The zero-order valence-electron chi connectivity index (χ0n) is 8.36. The van der Waals surface area contributed by atoms with Crippen LogP contribution in [0.4, 0.5) is 26.3 Å².